The second kappa shape index (κ2) is 7.55. The second-order valence-corrected chi connectivity index (χ2v) is 8.52. The molecule has 0 atom stereocenters. The van der Waals surface area contributed by atoms with E-state index in [0.29, 0.717) is 30.9 Å². The molecule has 2 rings (SSSR count). The molecule has 1 aliphatic rings. The van der Waals surface area contributed by atoms with Crippen LogP contribution in [0.2, 0.25) is 0 Å². The average molecular weight is 371 g/mol. The maximum Gasteiger partial charge on any atom is 0.254 e. The summed E-state index contributed by atoms with van der Waals surface area (Å²) in [5, 5.41) is 2.67. The Bertz CT molecular complexity index is 762. The van der Waals surface area contributed by atoms with Crippen molar-refractivity contribution in [3.63, 3.8) is 0 Å². The number of amides is 3. The van der Waals surface area contributed by atoms with Gasteiger partial charge in [-0.05, 0) is 38.1 Å². The zero-order chi connectivity index (χ0) is 20.4. The molecule has 0 aromatic heterocycles. The number of benzene rings is 1. The fraction of sp³-hybridized carbons (Fsp3) is 0.476. The van der Waals surface area contributed by atoms with Crippen LogP contribution in [0.4, 0.5) is 5.69 Å². The molecule has 0 saturated carbocycles. The monoisotopic (exact) mass is 371 g/mol. The first-order chi connectivity index (χ1) is 12.5. The molecule has 1 fully saturated rings. The Morgan fingerprint density at radius 2 is 1.85 bits per heavy atom. The highest BCUT2D eigenvalue weighted by atomic mass is 16.2. The van der Waals surface area contributed by atoms with Crippen LogP contribution in [0.1, 0.15) is 45.0 Å². The standard InChI is InChI=1S/C21H29N3O3/c1-7-17(25)22-16-10-8-9-15(13-16)18(26)24-12-11-23(14-21(24,5)6)19(27)20(2,3)4/h7-10,13H,1,11-12,14H2,2-6H3,(H,22,25). The molecule has 3 amide bonds. The zero-order valence-electron chi connectivity index (χ0n) is 16.8. The molecule has 146 valence electrons. The lowest BCUT2D eigenvalue weighted by Gasteiger charge is -2.48. The van der Waals surface area contributed by atoms with Crippen LogP contribution in [0.25, 0.3) is 0 Å². The van der Waals surface area contributed by atoms with Crippen LogP contribution < -0.4 is 5.32 Å². The molecule has 0 spiro atoms. The highest BCUT2D eigenvalue weighted by Crippen LogP contribution is 2.27. The minimum absolute atomic E-state index is 0.0943. The predicted octanol–water partition coefficient (Wildman–Crippen LogP) is 2.92. The van der Waals surface area contributed by atoms with Gasteiger partial charge in [-0.2, -0.15) is 0 Å². The minimum atomic E-state index is -0.489. The summed E-state index contributed by atoms with van der Waals surface area (Å²) in [4.78, 5) is 40.8. The summed E-state index contributed by atoms with van der Waals surface area (Å²) >= 11 is 0. The summed E-state index contributed by atoms with van der Waals surface area (Å²) in [5.41, 5.74) is 0.113. The van der Waals surface area contributed by atoms with Gasteiger partial charge in [-0.15, -0.1) is 0 Å². The first-order valence-electron chi connectivity index (χ1n) is 9.10. The predicted molar refractivity (Wildman–Crippen MR) is 106 cm³/mol. The molecular weight excluding hydrogens is 342 g/mol. The Morgan fingerprint density at radius 1 is 1.19 bits per heavy atom. The minimum Gasteiger partial charge on any atom is -0.338 e. The summed E-state index contributed by atoms with van der Waals surface area (Å²) in [6.07, 6.45) is 1.18. The molecule has 6 heteroatoms. The molecule has 0 aliphatic carbocycles. The number of piperazine rings is 1. The third-order valence-electron chi connectivity index (χ3n) is 4.64. The van der Waals surface area contributed by atoms with E-state index in [1.54, 1.807) is 29.2 Å². The van der Waals surface area contributed by atoms with Crippen molar-refractivity contribution in [3.05, 3.63) is 42.5 Å². The SMILES string of the molecule is C=CC(=O)Nc1cccc(C(=O)N2CCN(C(=O)C(C)(C)C)CC2(C)C)c1. The molecule has 6 nitrogen and oxygen atoms in total. The maximum atomic E-state index is 13.1. The van der Waals surface area contributed by atoms with E-state index < -0.39 is 11.0 Å². The Labute approximate surface area is 161 Å². The average Bonchev–Trinajstić information content (AvgIpc) is 2.59. The quantitative estimate of drug-likeness (QED) is 0.831. The van der Waals surface area contributed by atoms with Crippen LogP contribution in [-0.4, -0.2) is 52.7 Å². The number of hydrogen-bond acceptors (Lipinski definition) is 3. The van der Waals surface area contributed by atoms with Gasteiger partial charge in [0.2, 0.25) is 11.8 Å². The topological polar surface area (TPSA) is 69.7 Å². The number of carbonyl (C=O) groups excluding carboxylic acids is 3. The number of nitrogens with zero attached hydrogens (tertiary/aromatic N) is 2. The summed E-state index contributed by atoms with van der Waals surface area (Å²) in [5.74, 6) is -0.344. The zero-order valence-corrected chi connectivity index (χ0v) is 16.8. The Kier molecular flexibility index (Phi) is 5.78. The lowest BCUT2D eigenvalue weighted by molar-refractivity contribution is -0.143. The summed E-state index contributed by atoms with van der Waals surface area (Å²) in [6.45, 7) is 14.5. The van der Waals surface area contributed by atoms with E-state index in [1.807, 2.05) is 39.5 Å². The van der Waals surface area contributed by atoms with Gasteiger partial charge in [0.25, 0.3) is 5.91 Å². The van der Waals surface area contributed by atoms with E-state index in [2.05, 4.69) is 11.9 Å². The van der Waals surface area contributed by atoms with Crippen molar-refractivity contribution >= 4 is 23.4 Å². The van der Waals surface area contributed by atoms with Crippen LogP contribution in [0, 0.1) is 5.41 Å². The summed E-state index contributed by atoms with van der Waals surface area (Å²) < 4.78 is 0. The van der Waals surface area contributed by atoms with Gasteiger partial charge < -0.3 is 15.1 Å². The van der Waals surface area contributed by atoms with Gasteiger partial charge >= 0.3 is 0 Å². The highest BCUT2D eigenvalue weighted by molar-refractivity contribution is 6.01. The van der Waals surface area contributed by atoms with Gasteiger partial charge in [0.1, 0.15) is 0 Å². The Morgan fingerprint density at radius 3 is 2.41 bits per heavy atom. The summed E-state index contributed by atoms with van der Waals surface area (Å²) in [6, 6.07) is 6.85. The van der Waals surface area contributed by atoms with Crippen LogP contribution >= 0.6 is 0 Å². The van der Waals surface area contributed by atoms with Crippen LogP contribution in [0.15, 0.2) is 36.9 Å². The first-order valence-corrected chi connectivity index (χ1v) is 9.10. The largest absolute Gasteiger partial charge is 0.338 e. The highest BCUT2D eigenvalue weighted by Gasteiger charge is 2.40. The second-order valence-electron chi connectivity index (χ2n) is 8.52. The molecule has 0 unspecified atom stereocenters. The normalized spacial score (nSPS) is 16.6. The molecule has 1 aliphatic heterocycles. The lowest BCUT2D eigenvalue weighted by Crippen LogP contribution is -2.63. The molecule has 1 aromatic carbocycles. The lowest BCUT2D eigenvalue weighted by atomic mass is 9.91. The van der Waals surface area contributed by atoms with E-state index in [0.717, 1.165) is 0 Å². The molecule has 1 heterocycles. The van der Waals surface area contributed by atoms with Crippen molar-refractivity contribution in [3.8, 4) is 0 Å². The number of anilines is 1. The van der Waals surface area contributed by atoms with Crippen LogP contribution in [0.5, 0.6) is 0 Å². The first kappa shape index (κ1) is 20.7. The van der Waals surface area contributed by atoms with Crippen LogP contribution in [-0.2, 0) is 9.59 Å². The fourth-order valence-electron chi connectivity index (χ4n) is 3.26. The molecule has 1 saturated heterocycles. The summed E-state index contributed by atoms with van der Waals surface area (Å²) in [7, 11) is 0. The molecule has 1 aromatic rings. The van der Waals surface area contributed by atoms with Crippen LogP contribution in [0.3, 0.4) is 0 Å². The van der Waals surface area contributed by atoms with Crippen molar-refractivity contribution in [2.24, 2.45) is 5.41 Å². The van der Waals surface area contributed by atoms with E-state index >= 15 is 0 Å². The van der Waals surface area contributed by atoms with Crippen molar-refractivity contribution in [2.75, 3.05) is 25.0 Å². The number of carbonyl (C=O) groups is 3. The van der Waals surface area contributed by atoms with Gasteiger partial charge in [-0.25, -0.2) is 0 Å². The van der Waals surface area contributed by atoms with Gasteiger partial charge in [-0.3, -0.25) is 14.4 Å². The van der Waals surface area contributed by atoms with E-state index in [4.69, 9.17) is 0 Å². The molecule has 1 N–H and O–H groups in total. The van der Waals surface area contributed by atoms with Gasteiger partial charge in [0.05, 0.1) is 5.54 Å². The van der Waals surface area contributed by atoms with E-state index in [1.165, 1.54) is 6.08 Å². The van der Waals surface area contributed by atoms with Crippen molar-refractivity contribution < 1.29 is 14.4 Å². The van der Waals surface area contributed by atoms with Crippen molar-refractivity contribution in [2.45, 2.75) is 40.2 Å². The smallest absolute Gasteiger partial charge is 0.254 e. The number of hydrogen-bond donors (Lipinski definition) is 1. The molecule has 0 radical (unpaired) electrons. The number of rotatable bonds is 3. The van der Waals surface area contributed by atoms with Crippen molar-refractivity contribution in [1.82, 2.24) is 9.80 Å². The molecule has 27 heavy (non-hydrogen) atoms. The van der Waals surface area contributed by atoms with Crippen molar-refractivity contribution in [1.29, 1.82) is 0 Å². The third-order valence-corrected chi connectivity index (χ3v) is 4.64. The fourth-order valence-corrected chi connectivity index (χ4v) is 3.26. The third kappa shape index (κ3) is 4.76. The molecule has 0 bridgehead atoms. The van der Waals surface area contributed by atoms with E-state index in [-0.39, 0.29) is 17.7 Å². The van der Waals surface area contributed by atoms with Gasteiger partial charge in [0.15, 0.2) is 0 Å². The van der Waals surface area contributed by atoms with E-state index in [9.17, 15) is 14.4 Å². The van der Waals surface area contributed by atoms with Gasteiger partial charge in [0, 0.05) is 36.3 Å². The Balaban J connectivity index is 2.18. The Hall–Kier alpha value is -2.63. The molecular formula is C21H29N3O3. The maximum absolute atomic E-state index is 13.1. The number of nitrogens with one attached hydrogen (secondary N) is 1. The van der Waals surface area contributed by atoms with Gasteiger partial charge in [-0.1, -0.05) is 33.4 Å².